The van der Waals surface area contributed by atoms with Gasteiger partial charge in [-0.15, -0.1) is 0 Å². The van der Waals surface area contributed by atoms with Crippen molar-refractivity contribution in [2.75, 3.05) is 11.4 Å². The minimum atomic E-state index is -0.771. The average Bonchev–Trinajstić information content (AvgIpc) is 2.84. The highest BCUT2D eigenvalue weighted by molar-refractivity contribution is 5.78. The standard InChI is InChI=1S/C14H18N4O2/c1-9-6-11-15-8-16-18(11)12(7-9)17-5-3-4-10(2)13(17)14(19)20/h6-8,10,13H,3-5H2,1-2H3,(H,19,20). The molecular formula is C14H18N4O2. The maximum Gasteiger partial charge on any atom is 0.326 e. The highest BCUT2D eigenvalue weighted by Crippen LogP contribution is 2.29. The zero-order chi connectivity index (χ0) is 14.3. The number of aromatic nitrogens is 3. The van der Waals surface area contributed by atoms with Crippen LogP contribution in [0.25, 0.3) is 5.65 Å². The van der Waals surface area contributed by atoms with Gasteiger partial charge in [0.05, 0.1) is 0 Å². The topological polar surface area (TPSA) is 70.7 Å². The minimum Gasteiger partial charge on any atom is -0.480 e. The number of nitrogens with zero attached hydrogens (tertiary/aromatic N) is 4. The third-order valence-electron chi connectivity index (χ3n) is 3.99. The molecule has 2 unspecified atom stereocenters. The second-order valence-corrected chi connectivity index (χ2v) is 5.52. The van der Waals surface area contributed by atoms with Crippen LogP contribution in [0.5, 0.6) is 0 Å². The molecule has 1 N–H and O–H groups in total. The fraction of sp³-hybridized carbons (Fsp3) is 0.500. The number of piperidine rings is 1. The number of aliphatic carboxylic acids is 1. The molecular weight excluding hydrogens is 256 g/mol. The second-order valence-electron chi connectivity index (χ2n) is 5.52. The number of anilines is 1. The fourth-order valence-corrected chi connectivity index (χ4v) is 3.06. The SMILES string of the molecule is Cc1cc(N2CCCC(C)C2C(=O)O)n2ncnc2c1. The van der Waals surface area contributed by atoms with Crippen LogP contribution in [0.3, 0.4) is 0 Å². The van der Waals surface area contributed by atoms with Crippen LogP contribution in [0.1, 0.15) is 25.3 Å². The molecule has 0 aliphatic carbocycles. The Balaban J connectivity index is 2.12. The van der Waals surface area contributed by atoms with Gasteiger partial charge >= 0.3 is 5.97 Å². The Morgan fingerprint density at radius 1 is 1.45 bits per heavy atom. The van der Waals surface area contributed by atoms with Gasteiger partial charge in [0.2, 0.25) is 0 Å². The second kappa shape index (κ2) is 4.77. The maximum absolute atomic E-state index is 11.6. The molecule has 2 atom stereocenters. The van der Waals surface area contributed by atoms with Crippen molar-refractivity contribution >= 4 is 17.4 Å². The minimum absolute atomic E-state index is 0.125. The van der Waals surface area contributed by atoms with E-state index in [1.807, 2.05) is 30.9 Å². The first-order valence-electron chi connectivity index (χ1n) is 6.88. The molecule has 1 aliphatic heterocycles. The molecule has 1 fully saturated rings. The lowest BCUT2D eigenvalue weighted by Crippen LogP contribution is -2.50. The van der Waals surface area contributed by atoms with Crippen LogP contribution < -0.4 is 4.90 Å². The Morgan fingerprint density at radius 2 is 2.25 bits per heavy atom. The van der Waals surface area contributed by atoms with Crippen LogP contribution in [0.4, 0.5) is 5.82 Å². The molecule has 2 aromatic rings. The van der Waals surface area contributed by atoms with Gasteiger partial charge in [0, 0.05) is 6.54 Å². The summed E-state index contributed by atoms with van der Waals surface area (Å²) in [5.41, 5.74) is 1.81. The molecule has 6 heteroatoms. The summed E-state index contributed by atoms with van der Waals surface area (Å²) in [6, 6.07) is 3.42. The molecule has 6 nitrogen and oxygen atoms in total. The van der Waals surface area contributed by atoms with E-state index >= 15 is 0 Å². The predicted molar refractivity (Wildman–Crippen MR) is 74.9 cm³/mol. The van der Waals surface area contributed by atoms with Gasteiger partial charge in [-0.1, -0.05) is 6.92 Å². The summed E-state index contributed by atoms with van der Waals surface area (Å²) in [5.74, 6) is 0.170. The van der Waals surface area contributed by atoms with E-state index in [0.717, 1.165) is 36.4 Å². The van der Waals surface area contributed by atoms with Crippen LogP contribution in [0.2, 0.25) is 0 Å². The molecule has 1 saturated heterocycles. The first kappa shape index (κ1) is 12.9. The average molecular weight is 274 g/mol. The van der Waals surface area contributed by atoms with E-state index in [1.54, 1.807) is 4.52 Å². The highest BCUT2D eigenvalue weighted by atomic mass is 16.4. The Kier molecular flexibility index (Phi) is 3.08. The van der Waals surface area contributed by atoms with E-state index in [9.17, 15) is 9.90 Å². The summed E-state index contributed by atoms with van der Waals surface area (Å²) in [4.78, 5) is 17.8. The van der Waals surface area contributed by atoms with Crippen LogP contribution in [0, 0.1) is 12.8 Å². The molecule has 0 saturated carbocycles. The third-order valence-corrected chi connectivity index (χ3v) is 3.99. The molecule has 0 spiro atoms. The number of rotatable bonds is 2. The molecule has 3 heterocycles. The Morgan fingerprint density at radius 3 is 3.00 bits per heavy atom. The summed E-state index contributed by atoms with van der Waals surface area (Å²) < 4.78 is 1.72. The fourth-order valence-electron chi connectivity index (χ4n) is 3.06. The van der Waals surface area contributed by atoms with Crippen molar-refractivity contribution in [2.24, 2.45) is 5.92 Å². The molecule has 106 valence electrons. The molecule has 0 aromatic carbocycles. The monoisotopic (exact) mass is 274 g/mol. The quantitative estimate of drug-likeness (QED) is 0.903. The van der Waals surface area contributed by atoms with Gasteiger partial charge in [-0.2, -0.15) is 9.61 Å². The van der Waals surface area contributed by atoms with E-state index in [1.165, 1.54) is 6.33 Å². The van der Waals surface area contributed by atoms with Gasteiger partial charge in [-0.25, -0.2) is 9.78 Å². The number of aryl methyl sites for hydroxylation is 1. The van der Waals surface area contributed by atoms with Crippen molar-refractivity contribution in [2.45, 2.75) is 32.7 Å². The summed E-state index contributed by atoms with van der Waals surface area (Å²) in [6.45, 7) is 4.72. The van der Waals surface area contributed by atoms with E-state index in [2.05, 4.69) is 10.1 Å². The number of carbonyl (C=O) groups is 1. The smallest absolute Gasteiger partial charge is 0.326 e. The molecule has 0 bridgehead atoms. The molecule has 0 amide bonds. The Bertz CT molecular complexity index is 652. The first-order chi connectivity index (χ1) is 9.58. The number of pyridine rings is 1. The zero-order valence-corrected chi connectivity index (χ0v) is 11.7. The number of carboxylic acid groups (broad SMARTS) is 1. The number of carboxylic acids is 1. The molecule has 3 rings (SSSR count). The van der Waals surface area contributed by atoms with Gasteiger partial charge in [-0.3, -0.25) is 0 Å². The zero-order valence-electron chi connectivity index (χ0n) is 11.7. The lowest BCUT2D eigenvalue weighted by atomic mass is 9.91. The van der Waals surface area contributed by atoms with E-state index in [0.29, 0.717) is 0 Å². The van der Waals surface area contributed by atoms with E-state index in [4.69, 9.17) is 0 Å². The van der Waals surface area contributed by atoms with Crippen molar-refractivity contribution in [3.05, 3.63) is 24.0 Å². The normalized spacial score (nSPS) is 23.2. The van der Waals surface area contributed by atoms with E-state index in [-0.39, 0.29) is 5.92 Å². The number of hydrogen-bond donors (Lipinski definition) is 1. The maximum atomic E-state index is 11.6. The summed E-state index contributed by atoms with van der Waals surface area (Å²) in [6.07, 6.45) is 3.44. The number of fused-ring (bicyclic) bond motifs is 1. The van der Waals surface area contributed by atoms with Gasteiger partial charge in [0.15, 0.2) is 5.65 Å². The van der Waals surface area contributed by atoms with Crippen LogP contribution in [-0.4, -0.2) is 38.3 Å². The van der Waals surface area contributed by atoms with Gasteiger partial charge in [0.25, 0.3) is 0 Å². The Hall–Kier alpha value is -2.11. The highest BCUT2D eigenvalue weighted by Gasteiger charge is 2.35. The van der Waals surface area contributed by atoms with E-state index < -0.39 is 12.0 Å². The first-order valence-corrected chi connectivity index (χ1v) is 6.88. The summed E-state index contributed by atoms with van der Waals surface area (Å²) >= 11 is 0. The summed E-state index contributed by atoms with van der Waals surface area (Å²) in [5, 5.41) is 13.8. The third kappa shape index (κ3) is 2.01. The number of hydrogen-bond acceptors (Lipinski definition) is 4. The van der Waals surface area contributed by atoms with Crippen molar-refractivity contribution in [1.82, 2.24) is 14.6 Å². The summed E-state index contributed by atoms with van der Waals surface area (Å²) in [7, 11) is 0. The van der Waals surface area contributed by atoms with Crippen molar-refractivity contribution in [3.63, 3.8) is 0 Å². The largest absolute Gasteiger partial charge is 0.480 e. The molecule has 20 heavy (non-hydrogen) atoms. The van der Waals surface area contributed by atoms with Crippen LogP contribution in [0.15, 0.2) is 18.5 Å². The van der Waals surface area contributed by atoms with Crippen LogP contribution in [-0.2, 0) is 4.79 Å². The van der Waals surface area contributed by atoms with Gasteiger partial charge in [-0.05, 0) is 43.4 Å². The Labute approximate surface area is 117 Å². The lowest BCUT2D eigenvalue weighted by Gasteiger charge is -2.38. The van der Waals surface area contributed by atoms with Crippen molar-refractivity contribution < 1.29 is 9.90 Å². The van der Waals surface area contributed by atoms with Crippen LogP contribution >= 0.6 is 0 Å². The molecule has 2 aromatic heterocycles. The van der Waals surface area contributed by atoms with Crippen molar-refractivity contribution in [3.8, 4) is 0 Å². The van der Waals surface area contributed by atoms with Gasteiger partial charge < -0.3 is 10.0 Å². The predicted octanol–water partition coefficient (Wildman–Crippen LogP) is 1.73. The molecule has 1 aliphatic rings. The molecule has 0 radical (unpaired) electrons. The lowest BCUT2D eigenvalue weighted by molar-refractivity contribution is -0.140. The van der Waals surface area contributed by atoms with Gasteiger partial charge in [0.1, 0.15) is 18.2 Å². The van der Waals surface area contributed by atoms with Crippen molar-refractivity contribution in [1.29, 1.82) is 0 Å².